The first-order valence-electron chi connectivity index (χ1n) is 9.10. The molecule has 2 saturated heterocycles. The van der Waals surface area contributed by atoms with E-state index in [4.69, 9.17) is 18.9 Å². The molecule has 0 amide bonds. The van der Waals surface area contributed by atoms with Gasteiger partial charge in [-0.1, -0.05) is 19.1 Å². The maximum Gasteiger partial charge on any atom is 0.186 e. The minimum atomic E-state index is -1.51. The van der Waals surface area contributed by atoms with Crippen LogP contribution in [0.5, 0.6) is 0 Å². The van der Waals surface area contributed by atoms with Crippen LogP contribution in [0, 0.1) is 0 Å². The van der Waals surface area contributed by atoms with E-state index in [-0.39, 0.29) is 19.8 Å². The van der Waals surface area contributed by atoms with Crippen LogP contribution < -0.4 is 0 Å². The number of hydrogen-bond donors (Lipinski definition) is 6. The zero-order valence-corrected chi connectivity index (χ0v) is 15.2. The van der Waals surface area contributed by atoms with Crippen molar-refractivity contribution in [3.05, 3.63) is 12.2 Å². The molecule has 2 rings (SSSR count). The fraction of sp³-hybridized carbons (Fsp3) is 0.882. The number of aliphatic hydroxyl groups is 6. The van der Waals surface area contributed by atoms with Crippen LogP contribution in [0.1, 0.15) is 19.8 Å². The lowest BCUT2D eigenvalue weighted by molar-refractivity contribution is -0.320. The molecule has 0 aliphatic carbocycles. The highest BCUT2D eigenvalue weighted by Gasteiger charge is 2.45. The average Bonchev–Trinajstić information content (AvgIpc) is 2.66. The third kappa shape index (κ3) is 5.91. The van der Waals surface area contributed by atoms with Gasteiger partial charge >= 0.3 is 0 Å². The molecule has 10 heteroatoms. The Morgan fingerprint density at radius 1 is 0.852 bits per heavy atom. The Kier molecular flexibility index (Phi) is 9.02. The molecule has 0 bridgehead atoms. The van der Waals surface area contributed by atoms with Crippen molar-refractivity contribution < 1.29 is 49.6 Å². The molecule has 9 atom stereocenters. The fourth-order valence-corrected chi connectivity index (χ4v) is 2.84. The smallest absolute Gasteiger partial charge is 0.186 e. The molecule has 2 aliphatic heterocycles. The fourth-order valence-electron chi connectivity index (χ4n) is 2.84. The SMILES string of the molecule is CC/C=C\CCO[C@@H]1O[C@H](CO[C@@H]2OC[C@@H](O)[C@H](O)[C@H]2O)[C@@H](O)[C@H](O)[C@H]1O. The quantitative estimate of drug-likeness (QED) is 0.194. The number of hydrogen-bond acceptors (Lipinski definition) is 10. The van der Waals surface area contributed by atoms with Crippen LogP contribution in [0.25, 0.3) is 0 Å². The molecule has 0 radical (unpaired) electrons. The van der Waals surface area contributed by atoms with Crippen LogP contribution in [0.4, 0.5) is 0 Å². The van der Waals surface area contributed by atoms with Crippen molar-refractivity contribution in [2.75, 3.05) is 19.8 Å². The van der Waals surface area contributed by atoms with Gasteiger partial charge in [-0.3, -0.25) is 0 Å². The molecular formula is C17H30O10. The Balaban J connectivity index is 1.86. The van der Waals surface area contributed by atoms with E-state index < -0.39 is 55.3 Å². The van der Waals surface area contributed by atoms with Crippen molar-refractivity contribution in [1.29, 1.82) is 0 Å². The lowest BCUT2D eigenvalue weighted by Gasteiger charge is -2.41. The molecule has 0 unspecified atom stereocenters. The van der Waals surface area contributed by atoms with Crippen molar-refractivity contribution in [2.45, 2.75) is 75.1 Å². The molecule has 0 aromatic carbocycles. The van der Waals surface area contributed by atoms with Crippen LogP contribution in [-0.2, 0) is 18.9 Å². The largest absolute Gasteiger partial charge is 0.388 e. The normalized spacial score (nSPS) is 43.3. The van der Waals surface area contributed by atoms with Gasteiger partial charge in [-0.25, -0.2) is 0 Å². The van der Waals surface area contributed by atoms with Crippen LogP contribution in [-0.4, -0.2) is 106 Å². The second-order valence-electron chi connectivity index (χ2n) is 6.64. The third-order valence-corrected chi connectivity index (χ3v) is 4.52. The first kappa shape index (κ1) is 22.6. The number of ether oxygens (including phenoxy) is 4. The van der Waals surface area contributed by atoms with Crippen molar-refractivity contribution in [2.24, 2.45) is 0 Å². The van der Waals surface area contributed by atoms with Gasteiger partial charge < -0.3 is 49.6 Å². The standard InChI is InChI=1S/C17H30O10/c1-2-3-4-5-6-24-17-15(23)13(21)12(20)10(27-17)8-26-16-14(22)11(19)9(18)7-25-16/h3-4,9-23H,2,5-8H2,1H3/b4-3-/t9-,10-,11+,12-,13+,14-,15-,16+,17-/m1/s1. The Hall–Kier alpha value is -0.660. The van der Waals surface area contributed by atoms with Crippen LogP contribution in [0.2, 0.25) is 0 Å². The summed E-state index contributed by atoms with van der Waals surface area (Å²) in [4.78, 5) is 0. The molecule has 0 aromatic heterocycles. The zero-order valence-electron chi connectivity index (χ0n) is 15.2. The molecule has 158 valence electrons. The van der Waals surface area contributed by atoms with E-state index in [2.05, 4.69) is 0 Å². The highest BCUT2D eigenvalue weighted by Crippen LogP contribution is 2.24. The van der Waals surface area contributed by atoms with Gasteiger partial charge in [0, 0.05) is 0 Å². The lowest BCUT2D eigenvalue weighted by atomic mass is 9.99. The predicted molar refractivity (Wildman–Crippen MR) is 90.4 cm³/mol. The Morgan fingerprint density at radius 2 is 1.56 bits per heavy atom. The Labute approximate surface area is 157 Å². The molecule has 6 N–H and O–H groups in total. The number of allylic oxidation sites excluding steroid dienone is 1. The van der Waals surface area contributed by atoms with E-state index in [1.165, 1.54) is 0 Å². The van der Waals surface area contributed by atoms with Crippen LogP contribution in [0.3, 0.4) is 0 Å². The summed E-state index contributed by atoms with van der Waals surface area (Å²) < 4.78 is 21.3. The second kappa shape index (κ2) is 10.8. The Bertz CT molecular complexity index is 461. The zero-order chi connectivity index (χ0) is 20.0. The minimum absolute atomic E-state index is 0.227. The summed E-state index contributed by atoms with van der Waals surface area (Å²) in [5.74, 6) is 0. The maximum absolute atomic E-state index is 10.1. The first-order chi connectivity index (χ1) is 12.9. The van der Waals surface area contributed by atoms with E-state index in [1.807, 2.05) is 19.1 Å². The monoisotopic (exact) mass is 394 g/mol. The third-order valence-electron chi connectivity index (χ3n) is 4.52. The summed E-state index contributed by atoms with van der Waals surface area (Å²) >= 11 is 0. The Morgan fingerprint density at radius 3 is 2.26 bits per heavy atom. The van der Waals surface area contributed by atoms with E-state index in [1.54, 1.807) is 0 Å². The minimum Gasteiger partial charge on any atom is -0.388 e. The average molecular weight is 394 g/mol. The number of rotatable bonds is 8. The summed E-state index contributed by atoms with van der Waals surface area (Å²) in [6.07, 6.45) is -6.59. The van der Waals surface area contributed by atoms with Crippen LogP contribution >= 0.6 is 0 Å². The molecule has 27 heavy (non-hydrogen) atoms. The first-order valence-corrected chi connectivity index (χ1v) is 9.10. The van der Waals surface area contributed by atoms with Crippen molar-refractivity contribution >= 4 is 0 Å². The molecular weight excluding hydrogens is 364 g/mol. The highest BCUT2D eigenvalue weighted by molar-refractivity contribution is 4.90. The van der Waals surface area contributed by atoms with Crippen molar-refractivity contribution in [3.8, 4) is 0 Å². The van der Waals surface area contributed by atoms with Crippen molar-refractivity contribution in [3.63, 3.8) is 0 Å². The molecule has 0 aromatic rings. The topological polar surface area (TPSA) is 158 Å². The molecule has 0 spiro atoms. The van der Waals surface area contributed by atoms with E-state index in [0.717, 1.165) is 6.42 Å². The molecule has 2 heterocycles. The summed E-state index contributed by atoms with van der Waals surface area (Å²) in [6.45, 7) is 1.73. The lowest BCUT2D eigenvalue weighted by Crippen LogP contribution is -2.60. The van der Waals surface area contributed by atoms with Gasteiger partial charge in [-0.15, -0.1) is 0 Å². The van der Waals surface area contributed by atoms with Crippen molar-refractivity contribution in [1.82, 2.24) is 0 Å². The van der Waals surface area contributed by atoms with Gasteiger partial charge in [0.1, 0.15) is 42.7 Å². The van der Waals surface area contributed by atoms with Gasteiger partial charge in [-0.05, 0) is 12.8 Å². The summed E-state index contributed by atoms with van der Waals surface area (Å²) in [5, 5.41) is 59.0. The summed E-state index contributed by atoms with van der Waals surface area (Å²) in [7, 11) is 0. The molecule has 10 nitrogen and oxygen atoms in total. The van der Waals surface area contributed by atoms with Gasteiger partial charge in [0.2, 0.25) is 0 Å². The van der Waals surface area contributed by atoms with Crippen LogP contribution in [0.15, 0.2) is 12.2 Å². The van der Waals surface area contributed by atoms with Gasteiger partial charge in [0.25, 0.3) is 0 Å². The maximum atomic E-state index is 10.1. The summed E-state index contributed by atoms with van der Waals surface area (Å²) in [5.41, 5.74) is 0. The second-order valence-corrected chi connectivity index (χ2v) is 6.64. The van der Waals surface area contributed by atoms with E-state index >= 15 is 0 Å². The van der Waals surface area contributed by atoms with E-state index in [9.17, 15) is 30.6 Å². The predicted octanol–water partition coefficient (Wildman–Crippen LogP) is -2.38. The molecule has 2 aliphatic rings. The van der Waals surface area contributed by atoms with Gasteiger partial charge in [0.05, 0.1) is 19.8 Å². The van der Waals surface area contributed by atoms with Gasteiger partial charge in [0.15, 0.2) is 12.6 Å². The highest BCUT2D eigenvalue weighted by atomic mass is 16.7. The number of aliphatic hydroxyl groups excluding tert-OH is 6. The van der Waals surface area contributed by atoms with E-state index in [0.29, 0.717) is 6.42 Å². The molecule has 0 saturated carbocycles. The molecule has 2 fully saturated rings. The summed E-state index contributed by atoms with van der Waals surface area (Å²) in [6, 6.07) is 0. The van der Waals surface area contributed by atoms with Gasteiger partial charge in [-0.2, -0.15) is 0 Å².